The van der Waals surface area contributed by atoms with E-state index in [4.69, 9.17) is 17.3 Å². The van der Waals surface area contributed by atoms with E-state index in [-0.39, 0.29) is 6.04 Å². The van der Waals surface area contributed by atoms with E-state index in [0.717, 1.165) is 17.9 Å². The van der Waals surface area contributed by atoms with Gasteiger partial charge < -0.3 is 5.73 Å². The summed E-state index contributed by atoms with van der Waals surface area (Å²) in [6.07, 6.45) is 5.36. The van der Waals surface area contributed by atoms with E-state index >= 15 is 0 Å². The first-order valence-electron chi connectivity index (χ1n) is 2.92. The van der Waals surface area contributed by atoms with E-state index in [0.29, 0.717) is 0 Å². The van der Waals surface area contributed by atoms with Crippen LogP contribution in [0, 0.1) is 0 Å². The van der Waals surface area contributed by atoms with E-state index in [9.17, 15) is 0 Å². The van der Waals surface area contributed by atoms with E-state index < -0.39 is 0 Å². The zero-order valence-electron chi connectivity index (χ0n) is 4.73. The molecule has 0 fully saturated rings. The van der Waals surface area contributed by atoms with Crippen molar-refractivity contribution >= 4 is 11.6 Å². The molecule has 1 aliphatic carbocycles. The highest BCUT2D eigenvalue weighted by molar-refractivity contribution is 6.30. The molecule has 0 bridgehead atoms. The van der Waals surface area contributed by atoms with E-state index in [1.165, 1.54) is 6.42 Å². The molecule has 0 aromatic heterocycles. The minimum Gasteiger partial charge on any atom is -0.323 e. The van der Waals surface area contributed by atoms with Gasteiger partial charge in [-0.2, -0.15) is 0 Å². The average Bonchev–Trinajstić information content (AvgIpc) is 1.77. The van der Waals surface area contributed by atoms with Gasteiger partial charge in [0.15, 0.2) is 0 Å². The Labute approximate surface area is 54.5 Å². The summed E-state index contributed by atoms with van der Waals surface area (Å²) in [5.74, 6) is 0. The van der Waals surface area contributed by atoms with Crippen molar-refractivity contribution < 1.29 is 0 Å². The van der Waals surface area contributed by atoms with Gasteiger partial charge in [-0.05, 0) is 19.3 Å². The first kappa shape index (κ1) is 6.12. The van der Waals surface area contributed by atoms with Crippen LogP contribution in [0.3, 0.4) is 0 Å². The van der Waals surface area contributed by atoms with Gasteiger partial charge in [-0.15, -0.1) is 0 Å². The monoisotopic (exact) mass is 131 g/mol. The van der Waals surface area contributed by atoms with Gasteiger partial charge in [0.25, 0.3) is 0 Å². The molecule has 1 atom stereocenters. The summed E-state index contributed by atoms with van der Waals surface area (Å²) in [5, 5.41) is 0.844. The van der Waals surface area contributed by atoms with Gasteiger partial charge in [0, 0.05) is 11.1 Å². The second-order valence-corrected chi connectivity index (χ2v) is 2.56. The maximum atomic E-state index is 5.70. The zero-order chi connectivity index (χ0) is 5.98. The molecule has 0 heterocycles. The molecule has 1 nitrogen and oxygen atoms in total. The highest BCUT2D eigenvalue weighted by Gasteiger charge is 2.09. The van der Waals surface area contributed by atoms with Crippen LogP contribution >= 0.6 is 11.6 Å². The van der Waals surface area contributed by atoms with Crippen molar-refractivity contribution in [2.24, 2.45) is 5.73 Å². The fourth-order valence-corrected chi connectivity index (χ4v) is 1.09. The average molecular weight is 132 g/mol. The van der Waals surface area contributed by atoms with Crippen LogP contribution in [0.25, 0.3) is 0 Å². The molecule has 2 heteroatoms. The van der Waals surface area contributed by atoms with Gasteiger partial charge >= 0.3 is 0 Å². The molecule has 1 aliphatic rings. The number of hydrogen-bond acceptors (Lipinski definition) is 1. The predicted molar refractivity (Wildman–Crippen MR) is 35.8 cm³/mol. The van der Waals surface area contributed by atoms with E-state index in [1.807, 2.05) is 6.08 Å². The Morgan fingerprint density at radius 1 is 1.75 bits per heavy atom. The highest BCUT2D eigenvalue weighted by Crippen LogP contribution is 2.18. The van der Waals surface area contributed by atoms with Crippen molar-refractivity contribution in [1.82, 2.24) is 0 Å². The molecule has 46 valence electrons. The summed E-state index contributed by atoms with van der Waals surface area (Å²) in [4.78, 5) is 0. The fraction of sp³-hybridized carbons (Fsp3) is 0.667. The smallest absolute Gasteiger partial charge is 0.0400 e. The Bertz CT molecular complexity index is 109. The predicted octanol–water partition coefficient (Wildman–Crippen LogP) is 1.62. The van der Waals surface area contributed by atoms with Gasteiger partial charge in [-0.3, -0.25) is 0 Å². The summed E-state index contributed by atoms with van der Waals surface area (Å²) in [6, 6.07) is 0.130. The molecular weight excluding hydrogens is 122 g/mol. The van der Waals surface area contributed by atoms with Crippen LogP contribution in [0.2, 0.25) is 0 Å². The number of halogens is 1. The molecule has 0 amide bonds. The van der Waals surface area contributed by atoms with Gasteiger partial charge in [0.1, 0.15) is 0 Å². The Morgan fingerprint density at radius 3 is 2.88 bits per heavy atom. The van der Waals surface area contributed by atoms with Gasteiger partial charge in [0.2, 0.25) is 0 Å². The third kappa shape index (κ3) is 1.23. The number of allylic oxidation sites excluding steroid dienone is 1. The molecule has 2 N–H and O–H groups in total. The lowest BCUT2D eigenvalue weighted by Crippen LogP contribution is -2.21. The normalized spacial score (nSPS) is 29.8. The van der Waals surface area contributed by atoms with Crippen molar-refractivity contribution in [3.05, 3.63) is 11.1 Å². The van der Waals surface area contributed by atoms with Gasteiger partial charge in [-0.1, -0.05) is 17.7 Å². The molecule has 0 radical (unpaired) electrons. The van der Waals surface area contributed by atoms with E-state index in [1.54, 1.807) is 0 Å². The van der Waals surface area contributed by atoms with Crippen LogP contribution in [0.1, 0.15) is 19.3 Å². The Hall–Kier alpha value is -0.0100. The number of hydrogen-bond donors (Lipinski definition) is 1. The number of rotatable bonds is 0. The lowest BCUT2D eigenvalue weighted by Gasteiger charge is -2.13. The zero-order valence-corrected chi connectivity index (χ0v) is 5.49. The van der Waals surface area contributed by atoms with Crippen LogP contribution in [-0.2, 0) is 0 Å². The maximum Gasteiger partial charge on any atom is 0.0400 e. The Morgan fingerprint density at radius 2 is 2.50 bits per heavy atom. The van der Waals surface area contributed by atoms with Gasteiger partial charge in [-0.25, -0.2) is 0 Å². The van der Waals surface area contributed by atoms with Crippen LogP contribution < -0.4 is 5.73 Å². The first-order valence-corrected chi connectivity index (χ1v) is 3.29. The summed E-state index contributed by atoms with van der Waals surface area (Å²) in [5.41, 5.74) is 5.58. The fourth-order valence-electron chi connectivity index (χ4n) is 0.867. The minimum absolute atomic E-state index is 0.130. The van der Waals surface area contributed by atoms with Gasteiger partial charge in [0.05, 0.1) is 0 Å². The standard InChI is InChI=1S/C6H10ClN/c7-5-3-1-2-4-6(5)8/h3,6H,1-2,4,8H2/t6-/m1/s1. The number of nitrogens with two attached hydrogens (primary N) is 1. The molecule has 0 saturated heterocycles. The summed E-state index contributed by atoms with van der Waals surface area (Å²) in [7, 11) is 0. The van der Waals surface area contributed by atoms with Crippen LogP contribution in [0.4, 0.5) is 0 Å². The molecule has 0 saturated carbocycles. The van der Waals surface area contributed by atoms with Crippen molar-refractivity contribution in [2.45, 2.75) is 25.3 Å². The SMILES string of the molecule is N[C@@H]1CCCC=C1Cl. The Balaban J connectivity index is 2.53. The summed E-state index contributed by atoms with van der Waals surface area (Å²) in [6.45, 7) is 0. The molecule has 0 unspecified atom stereocenters. The second-order valence-electron chi connectivity index (χ2n) is 2.13. The summed E-state index contributed by atoms with van der Waals surface area (Å²) >= 11 is 5.70. The Kier molecular flexibility index (Phi) is 1.92. The van der Waals surface area contributed by atoms with Crippen molar-refractivity contribution in [3.63, 3.8) is 0 Å². The largest absolute Gasteiger partial charge is 0.323 e. The van der Waals surface area contributed by atoms with E-state index in [2.05, 4.69) is 0 Å². The third-order valence-corrected chi connectivity index (χ3v) is 1.85. The lowest BCUT2D eigenvalue weighted by atomic mass is 10.0. The highest BCUT2D eigenvalue weighted by atomic mass is 35.5. The lowest BCUT2D eigenvalue weighted by molar-refractivity contribution is 0.636. The maximum absolute atomic E-state index is 5.70. The van der Waals surface area contributed by atoms with Crippen molar-refractivity contribution in [2.75, 3.05) is 0 Å². The molecule has 0 aliphatic heterocycles. The quantitative estimate of drug-likeness (QED) is 0.531. The van der Waals surface area contributed by atoms with Crippen LogP contribution in [0.5, 0.6) is 0 Å². The molecule has 1 rings (SSSR count). The second kappa shape index (κ2) is 2.51. The summed E-state index contributed by atoms with van der Waals surface area (Å²) < 4.78 is 0. The molecular formula is C6H10ClN. The minimum atomic E-state index is 0.130. The topological polar surface area (TPSA) is 26.0 Å². The molecule has 0 aromatic carbocycles. The van der Waals surface area contributed by atoms with Crippen LogP contribution in [-0.4, -0.2) is 6.04 Å². The van der Waals surface area contributed by atoms with Crippen LogP contribution in [0.15, 0.2) is 11.1 Å². The van der Waals surface area contributed by atoms with Crippen molar-refractivity contribution in [1.29, 1.82) is 0 Å². The van der Waals surface area contributed by atoms with Crippen molar-refractivity contribution in [3.8, 4) is 0 Å². The molecule has 0 aromatic rings. The first-order chi connectivity index (χ1) is 3.80. The molecule has 0 spiro atoms. The molecule has 8 heavy (non-hydrogen) atoms. The third-order valence-electron chi connectivity index (χ3n) is 1.41.